The lowest BCUT2D eigenvalue weighted by molar-refractivity contribution is -0.132. The van der Waals surface area contributed by atoms with Crippen molar-refractivity contribution in [1.82, 2.24) is 4.98 Å². The second-order valence-electron chi connectivity index (χ2n) is 7.56. The van der Waals surface area contributed by atoms with Crippen molar-refractivity contribution in [3.05, 3.63) is 93.7 Å². The fourth-order valence-electron chi connectivity index (χ4n) is 3.88. The fraction of sp³-hybridized carbons (Fsp3) is 0.0800. The van der Waals surface area contributed by atoms with Gasteiger partial charge >= 0.3 is 5.91 Å². The summed E-state index contributed by atoms with van der Waals surface area (Å²) in [5, 5.41) is 11.4. The molecule has 1 aromatic heterocycles. The van der Waals surface area contributed by atoms with E-state index in [0.717, 1.165) is 15.8 Å². The highest BCUT2D eigenvalue weighted by atomic mass is 79.9. The van der Waals surface area contributed by atoms with E-state index in [9.17, 15) is 19.1 Å². The summed E-state index contributed by atoms with van der Waals surface area (Å²) in [6.07, 6.45) is 0. The van der Waals surface area contributed by atoms with E-state index >= 15 is 0 Å². The zero-order valence-corrected chi connectivity index (χ0v) is 20.1. The van der Waals surface area contributed by atoms with Crippen molar-refractivity contribution in [2.75, 3.05) is 12.0 Å². The van der Waals surface area contributed by atoms with Crippen molar-refractivity contribution in [2.24, 2.45) is 0 Å². The van der Waals surface area contributed by atoms with Gasteiger partial charge in [0.05, 0.1) is 28.9 Å². The normalized spacial score (nSPS) is 17.5. The SMILES string of the molecule is COc1ccc(C2/C(=C(\O)c3ccc(Br)cc3)C(=O)C(=O)N2c2nc3ccc(F)cc3s2)cc1. The predicted molar refractivity (Wildman–Crippen MR) is 131 cm³/mol. The molecule has 1 aliphatic rings. The third kappa shape index (κ3) is 3.76. The molecule has 1 N–H and O–H groups in total. The molecule has 0 aliphatic carbocycles. The van der Waals surface area contributed by atoms with Gasteiger partial charge in [-0.3, -0.25) is 14.5 Å². The number of amides is 1. The second-order valence-corrected chi connectivity index (χ2v) is 9.48. The van der Waals surface area contributed by atoms with E-state index in [1.165, 1.54) is 30.2 Å². The quantitative estimate of drug-likeness (QED) is 0.201. The minimum atomic E-state index is -0.931. The van der Waals surface area contributed by atoms with Crippen LogP contribution in [-0.2, 0) is 9.59 Å². The van der Waals surface area contributed by atoms with Gasteiger partial charge in [0.15, 0.2) is 5.13 Å². The number of fused-ring (bicyclic) bond motifs is 1. The number of hydrogen-bond acceptors (Lipinski definition) is 6. The number of benzene rings is 3. The van der Waals surface area contributed by atoms with Gasteiger partial charge in [0.25, 0.3) is 5.78 Å². The first-order valence-corrected chi connectivity index (χ1v) is 11.8. The van der Waals surface area contributed by atoms with Crippen LogP contribution in [-0.4, -0.2) is 28.9 Å². The number of thiazole rings is 1. The molecule has 1 atom stereocenters. The van der Waals surface area contributed by atoms with Crippen LogP contribution in [0.15, 0.2) is 76.8 Å². The molecule has 1 amide bonds. The van der Waals surface area contributed by atoms with Gasteiger partial charge in [0.2, 0.25) is 0 Å². The number of aliphatic hydroxyl groups is 1. The van der Waals surface area contributed by atoms with E-state index in [1.807, 2.05) is 0 Å². The van der Waals surface area contributed by atoms with Crippen molar-refractivity contribution < 1.29 is 23.8 Å². The summed E-state index contributed by atoms with van der Waals surface area (Å²) in [5.41, 5.74) is 1.43. The Bertz CT molecular complexity index is 1460. The van der Waals surface area contributed by atoms with Gasteiger partial charge in [-0.05, 0) is 48.0 Å². The summed E-state index contributed by atoms with van der Waals surface area (Å²) in [6, 6.07) is 16.8. The molecule has 9 heteroatoms. The third-order valence-electron chi connectivity index (χ3n) is 5.54. The summed E-state index contributed by atoms with van der Waals surface area (Å²) in [5.74, 6) is -1.76. The van der Waals surface area contributed by atoms with Crippen LogP contribution in [0.3, 0.4) is 0 Å². The monoisotopic (exact) mass is 538 g/mol. The van der Waals surface area contributed by atoms with Gasteiger partial charge in [0.1, 0.15) is 17.3 Å². The lowest BCUT2D eigenvalue weighted by Crippen LogP contribution is -2.29. The number of hydrogen-bond donors (Lipinski definition) is 1. The number of Topliss-reactive ketones (excluding diaryl/α,β-unsaturated/α-hetero) is 1. The van der Waals surface area contributed by atoms with E-state index in [0.29, 0.717) is 27.1 Å². The van der Waals surface area contributed by atoms with Gasteiger partial charge in [-0.2, -0.15) is 0 Å². The average molecular weight is 539 g/mol. The molecular weight excluding hydrogens is 523 g/mol. The number of anilines is 1. The topological polar surface area (TPSA) is 79.7 Å². The second kappa shape index (κ2) is 8.66. The van der Waals surface area contributed by atoms with Crippen LogP contribution in [0.2, 0.25) is 0 Å². The van der Waals surface area contributed by atoms with Crippen LogP contribution >= 0.6 is 27.3 Å². The van der Waals surface area contributed by atoms with Crippen molar-refractivity contribution in [3.63, 3.8) is 0 Å². The van der Waals surface area contributed by atoms with Crippen LogP contribution in [0, 0.1) is 5.82 Å². The maximum Gasteiger partial charge on any atom is 0.301 e. The summed E-state index contributed by atoms with van der Waals surface area (Å²) in [6.45, 7) is 0. The van der Waals surface area contributed by atoms with Crippen molar-refractivity contribution in [3.8, 4) is 5.75 Å². The highest BCUT2D eigenvalue weighted by Gasteiger charge is 2.48. The number of rotatable bonds is 4. The molecule has 5 rings (SSSR count). The van der Waals surface area contributed by atoms with E-state index in [-0.39, 0.29) is 16.5 Å². The number of methoxy groups -OCH3 is 1. The summed E-state index contributed by atoms with van der Waals surface area (Å²) in [7, 11) is 1.54. The highest BCUT2D eigenvalue weighted by Crippen LogP contribution is 2.44. The number of aliphatic hydroxyl groups excluding tert-OH is 1. The molecule has 0 saturated carbocycles. The molecule has 34 heavy (non-hydrogen) atoms. The molecule has 1 saturated heterocycles. The number of aromatic nitrogens is 1. The molecule has 0 spiro atoms. The van der Waals surface area contributed by atoms with Crippen LogP contribution in [0.1, 0.15) is 17.2 Å². The minimum absolute atomic E-state index is 0.0528. The Morgan fingerprint density at radius 2 is 1.79 bits per heavy atom. The van der Waals surface area contributed by atoms with E-state index in [1.54, 1.807) is 48.5 Å². The first-order valence-electron chi connectivity index (χ1n) is 10.1. The van der Waals surface area contributed by atoms with Gasteiger partial charge in [0, 0.05) is 10.0 Å². The first kappa shape index (κ1) is 22.2. The maximum absolute atomic E-state index is 13.7. The molecule has 2 heterocycles. The smallest absolute Gasteiger partial charge is 0.301 e. The van der Waals surface area contributed by atoms with E-state index in [4.69, 9.17) is 4.74 Å². The Hall–Kier alpha value is -3.56. The van der Waals surface area contributed by atoms with Crippen LogP contribution < -0.4 is 9.64 Å². The fourth-order valence-corrected chi connectivity index (χ4v) is 5.17. The summed E-state index contributed by atoms with van der Waals surface area (Å²) >= 11 is 4.45. The number of nitrogens with zero attached hydrogens (tertiary/aromatic N) is 2. The zero-order valence-electron chi connectivity index (χ0n) is 17.7. The maximum atomic E-state index is 13.7. The summed E-state index contributed by atoms with van der Waals surface area (Å²) < 4.78 is 20.3. The number of ketones is 1. The van der Waals surface area contributed by atoms with Gasteiger partial charge in [-0.25, -0.2) is 9.37 Å². The Morgan fingerprint density at radius 3 is 2.47 bits per heavy atom. The number of carbonyl (C=O) groups excluding carboxylic acids is 2. The van der Waals surface area contributed by atoms with Gasteiger partial charge < -0.3 is 9.84 Å². The molecule has 1 fully saturated rings. The molecule has 1 unspecified atom stereocenters. The predicted octanol–water partition coefficient (Wildman–Crippen LogP) is 5.83. The van der Waals surface area contributed by atoms with E-state index in [2.05, 4.69) is 20.9 Å². The highest BCUT2D eigenvalue weighted by molar-refractivity contribution is 9.10. The molecule has 0 radical (unpaired) electrons. The van der Waals surface area contributed by atoms with Crippen LogP contribution in [0.4, 0.5) is 9.52 Å². The molecule has 1 aliphatic heterocycles. The Morgan fingerprint density at radius 1 is 1.09 bits per heavy atom. The standard InChI is InChI=1S/C25H16BrFN2O4S/c1-33-17-9-4-13(5-10-17)21-20(22(30)14-2-6-15(26)7-3-14)23(31)24(32)29(21)25-28-18-11-8-16(27)12-19(18)34-25/h2-12,21,30H,1H3/b22-20+. The number of carbonyl (C=O) groups is 2. The summed E-state index contributed by atoms with van der Waals surface area (Å²) in [4.78, 5) is 32.2. The lowest BCUT2D eigenvalue weighted by atomic mass is 9.95. The van der Waals surface area contributed by atoms with Gasteiger partial charge in [-0.15, -0.1) is 0 Å². The molecule has 170 valence electrons. The Labute approximate surface area is 206 Å². The minimum Gasteiger partial charge on any atom is -0.507 e. The third-order valence-corrected chi connectivity index (χ3v) is 7.09. The average Bonchev–Trinajstić information content (AvgIpc) is 3.37. The van der Waals surface area contributed by atoms with Gasteiger partial charge in [-0.1, -0.05) is 51.5 Å². The molecule has 0 bridgehead atoms. The molecule has 6 nitrogen and oxygen atoms in total. The molecule has 3 aromatic carbocycles. The molecule has 4 aromatic rings. The Balaban J connectivity index is 1.72. The van der Waals surface area contributed by atoms with E-state index < -0.39 is 23.5 Å². The van der Waals surface area contributed by atoms with Crippen molar-refractivity contribution in [1.29, 1.82) is 0 Å². The van der Waals surface area contributed by atoms with Crippen LogP contribution in [0.25, 0.3) is 16.0 Å². The van der Waals surface area contributed by atoms with Crippen molar-refractivity contribution >= 4 is 60.1 Å². The first-order chi connectivity index (χ1) is 16.4. The lowest BCUT2D eigenvalue weighted by Gasteiger charge is -2.23. The zero-order chi connectivity index (χ0) is 24.0. The largest absolute Gasteiger partial charge is 0.507 e. The Kier molecular flexibility index (Phi) is 5.66. The van der Waals surface area contributed by atoms with Crippen LogP contribution in [0.5, 0.6) is 5.75 Å². The number of ether oxygens (including phenoxy) is 1. The number of halogens is 2. The van der Waals surface area contributed by atoms with Crippen molar-refractivity contribution in [2.45, 2.75) is 6.04 Å². The molecular formula is C25H16BrFN2O4S.